The van der Waals surface area contributed by atoms with Gasteiger partial charge < -0.3 is 20.5 Å². The number of amides is 1. The van der Waals surface area contributed by atoms with Crippen LogP contribution in [0.25, 0.3) is 0 Å². The number of methoxy groups -OCH3 is 1. The van der Waals surface area contributed by atoms with Crippen molar-refractivity contribution < 1.29 is 14.3 Å². The summed E-state index contributed by atoms with van der Waals surface area (Å²) in [6.07, 6.45) is 0. The van der Waals surface area contributed by atoms with Gasteiger partial charge in [0.25, 0.3) is 0 Å². The summed E-state index contributed by atoms with van der Waals surface area (Å²) in [6, 6.07) is 14.6. The van der Waals surface area contributed by atoms with Crippen LogP contribution in [0.15, 0.2) is 48.5 Å². The molecule has 136 valence electrons. The lowest BCUT2D eigenvalue weighted by molar-refractivity contribution is -0.122. The Labute approximate surface area is 154 Å². The number of rotatable bonds is 8. The molecule has 0 aliphatic rings. The molecule has 1 atom stereocenters. The lowest BCUT2D eigenvalue weighted by atomic mass is 10.1. The highest BCUT2D eigenvalue weighted by molar-refractivity contribution is 5.85. The van der Waals surface area contributed by atoms with Gasteiger partial charge in [0, 0.05) is 13.7 Å². The first-order valence-corrected chi connectivity index (χ1v) is 7.90. The third-order valence-electron chi connectivity index (χ3n) is 3.67. The molecule has 0 spiro atoms. The van der Waals surface area contributed by atoms with Gasteiger partial charge in [0.1, 0.15) is 18.4 Å². The Morgan fingerprint density at radius 2 is 1.72 bits per heavy atom. The van der Waals surface area contributed by atoms with E-state index in [0.717, 1.165) is 22.4 Å². The van der Waals surface area contributed by atoms with E-state index < -0.39 is 6.04 Å². The molecule has 0 bridgehead atoms. The van der Waals surface area contributed by atoms with Crippen LogP contribution >= 0.6 is 12.4 Å². The molecule has 25 heavy (non-hydrogen) atoms. The molecule has 0 aliphatic heterocycles. The van der Waals surface area contributed by atoms with Crippen molar-refractivity contribution in [1.29, 1.82) is 0 Å². The Balaban J connectivity index is 0.00000312. The summed E-state index contributed by atoms with van der Waals surface area (Å²) in [5.74, 6) is 0.581. The minimum Gasteiger partial charge on any atom is -0.491 e. The first-order chi connectivity index (χ1) is 11.6. The van der Waals surface area contributed by atoms with Crippen LogP contribution in [0.1, 0.15) is 22.7 Å². The first kappa shape index (κ1) is 21.0. The summed E-state index contributed by atoms with van der Waals surface area (Å²) in [6.45, 7) is 3.49. The van der Waals surface area contributed by atoms with Crippen LogP contribution in [0.5, 0.6) is 5.75 Å². The summed E-state index contributed by atoms with van der Waals surface area (Å²) < 4.78 is 10.4. The van der Waals surface area contributed by atoms with E-state index in [-0.39, 0.29) is 18.3 Å². The maximum Gasteiger partial charge on any atom is 0.241 e. The number of carbonyl (C=O) groups excluding carboxylic acids is 1. The molecule has 2 aromatic rings. The van der Waals surface area contributed by atoms with Crippen molar-refractivity contribution in [2.75, 3.05) is 20.3 Å². The van der Waals surface area contributed by atoms with E-state index in [1.807, 2.05) is 55.5 Å². The average Bonchev–Trinajstić information content (AvgIpc) is 2.61. The predicted molar refractivity (Wildman–Crippen MR) is 101 cm³/mol. The van der Waals surface area contributed by atoms with Crippen LogP contribution < -0.4 is 15.8 Å². The third-order valence-corrected chi connectivity index (χ3v) is 3.67. The molecule has 6 heteroatoms. The maximum absolute atomic E-state index is 12.2. The smallest absolute Gasteiger partial charge is 0.241 e. The molecule has 2 aromatic carbocycles. The number of aryl methyl sites for hydroxylation is 1. The molecule has 1 amide bonds. The number of hydrogen-bond acceptors (Lipinski definition) is 4. The fourth-order valence-corrected chi connectivity index (χ4v) is 2.17. The van der Waals surface area contributed by atoms with Gasteiger partial charge >= 0.3 is 0 Å². The highest BCUT2D eigenvalue weighted by atomic mass is 35.5. The maximum atomic E-state index is 12.2. The first-order valence-electron chi connectivity index (χ1n) is 7.90. The van der Waals surface area contributed by atoms with Crippen molar-refractivity contribution in [3.63, 3.8) is 0 Å². The van der Waals surface area contributed by atoms with E-state index in [1.165, 1.54) is 0 Å². The molecule has 5 nitrogen and oxygen atoms in total. The Morgan fingerprint density at radius 1 is 1.08 bits per heavy atom. The highest BCUT2D eigenvalue weighted by Gasteiger charge is 2.15. The molecule has 3 N–H and O–H groups in total. The third kappa shape index (κ3) is 6.74. The number of hydrogen-bond donors (Lipinski definition) is 2. The Bertz CT molecular complexity index is 645. The molecule has 0 aliphatic carbocycles. The van der Waals surface area contributed by atoms with Crippen LogP contribution in [-0.4, -0.2) is 26.2 Å². The van der Waals surface area contributed by atoms with Gasteiger partial charge in [0.2, 0.25) is 5.91 Å². The molecule has 0 heterocycles. The van der Waals surface area contributed by atoms with Crippen molar-refractivity contribution in [3.8, 4) is 5.75 Å². The molecule has 0 fully saturated rings. The zero-order valence-corrected chi connectivity index (χ0v) is 15.3. The quantitative estimate of drug-likeness (QED) is 0.706. The van der Waals surface area contributed by atoms with Crippen LogP contribution in [0.2, 0.25) is 0 Å². The van der Waals surface area contributed by atoms with Gasteiger partial charge in [-0.1, -0.05) is 42.0 Å². The van der Waals surface area contributed by atoms with E-state index in [2.05, 4.69) is 5.32 Å². The number of carbonyl (C=O) groups is 1. The Hall–Kier alpha value is -2.08. The monoisotopic (exact) mass is 364 g/mol. The Morgan fingerprint density at radius 3 is 2.32 bits per heavy atom. The predicted octanol–water partition coefficient (Wildman–Crippen LogP) is 2.76. The van der Waals surface area contributed by atoms with E-state index in [0.29, 0.717) is 19.8 Å². The average molecular weight is 365 g/mol. The summed E-state index contributed by atoms with van der Waals surface area (Å²) in [5.41, 5.74) is 8.93. The zero-order valence-electron chi connectivity index (χ0n) is 14.5. The zero-order chi connectivity index (χ0) is 17.4. The fraction of sp³-hybridized carbons (Fsp3) is 0.316. The van der Waals surface area contributed by atoms with Crippen LogP contribution in [-0.2, 0) is 16.1 Å². The second kappa shape index (κ2) is 10.7. The number of benzene rings is 2. The van der Waals surface area contributed by atoms with Gasteiger partial charge in [-0.3, -0.25) is 4.79 Å². The second-order valence-corrected chi connectivity index (χ2v) is 5.59. The molecular weight excluding hydrogens is 340 g/mol. The molecule has 0 aromatic heterocycles. The van der Waals surface area contributed by atoms with Gasteiger partial charge in [-0.25, -0.2) is 0 Å². The van der Waals surface area contributed by atoms with Crippen LogP contribution in [0.3, 0.4) is 0 Å². The van der Waals surface area contributed by atoms with Crippen molar-refractivity contribution in [1.82, 2.24) is 5.32 Å². The number of nitrogens with one attached hydrogen (secondary N) is 1. The topological polar surface area (TPSA) is 73.6 Å². The lowest BCUT2D eigenvalue weighted by Crippen LogP contribution is -2.33. The van der Waals surface area contributed by atoms with Gasteiger partial charge in [-0.05, 0) is 30.2 Å². The second-order valence-electron chi connectivity index (χ2n) is 5.59. The minimum atomic E-state index is -0.665. The van der Waals surface area contributed by atoms with E-state index >= 15 is 0 Å². The molecule has 1 unspecified atom stereocenters. The largest absolute Gasteiger partial charge is 0.491 e. The fourth-order valence-electron chi connectivity index (χ4n) is 2.17. The molecule has 2 rings (SSSR count). The SMILES string of the molecule is COCCOc1ccc(CNC(=O)C(N)c2ccc(C)cc2)cc1.Cl. The summed E-state index contributed by atoms with van der Waals surface area (Å²) in [5, 5.41) is 2.86. The van der Waals surface area contributed by atoms with E-state index in [9.17, 15) is 4.79 Å². The van der Waals surface area contributed by atoms with Crippen LogP contribution in [0, 0.1) is 6.92 Å². The van der Waals surface area contributed by atoms with E-state index in [4.69, 9.17) is 15.2 Å². The standard InChI is InChI=1S/C19H24N2O3.ClH/c1-14-3-7-16(8-4-14)18(20)19(22)21-13-15-5-9-17(10-6-15)24-12-11-23-2;/h3-10,18H,11-13,20H2,1-2H3,(H,21,22);1H. The van der Waals surface area contributed by atoms with Crippen LogP contribution in [0.4, 0.5) is 0 Å². The molecule has 0 saturated heterocycles. The summed E-state index contributed by atoms with van der Waals surface area (Å²) in [7, 11) is 1.64. The number of nitrogens with two attached hydrogens (primary N) is 1. The number of halogens is 1. The summed E-state index contributed by atoms with van der Waals surface area (Å²) >= 11 is 0. The molecular formula is C19H25ClN2O3. The highest BCUT2D eigenvalue weighted by Crippen LogP contribution is 2.14. The number of ether oxygens (including phenoxy) is 2. The Kier molecular flexibility index (Phi) is 8.99. The minimum absolute atomic E-state index is 0. The van der Waals surface area contributed by atoms with Gasteiger partial charge in [0.05, 0.1) is 6.61 Å². The van der Waals surface area contributed by atoms with E-state index in [1.54, 1.807) is 7.11 Å². The molecule has 0 radical (unpaired) electrons. The van der Waals surface area contributed by atoms with Crippen molar-refractivity contribution in [3.05, 3.63) is 65.2 Å². The van der Waals surface area contributed by atoms with Gasteiger partial charge in [0.15, 0.2) is 0 Å². The van der Waals surface area contributed by atoms with Gasteiger partial charge in [-0.15, -0.1) is 12.4 Å². The van der Waals surface area contributed by atoms with Crippen molar-refractivity contribution in [2.45, 2.75) is 19.5 Å². The molecule has 0 saturated carbocycles. The lowest BCUT2D eigenvalue weighted by Gasteiger charge is -2.13. The summed E-state index contributed by atoms with van der Waals surface area (Å²) in [4.78, 5) is 12.2. The normalized spacial score (nSPS) is 11.3. The van der Waals surface area contributed by atoms with Crippen molar-refractivity contribution in [2.24, 2.45) is 5.73 Å². The van der Waals surface area contributed by atoms with Crippen molar-refractivity contribution >= 4 is 18.3 Å². The van der Waals surface area contributed by atoms with Gasteiger partial charge in [-0.2, -0.15) is 0 Å².